The zero-order valence-electron chi connectivity index (χ0n) is 16.6. The maximum atomic E-state index is 13.1. The third kappa shape index (κ3) is 4.95. The molecule has 2 aromatic carbocycles. The molecule has 0 spiro atoms. The summed E-state index contributed by atoms with van der Waals surface area (Å²) in [5.41, 5.74) is 2.02. The summed E-state index contributed by atoms with van der Waals surface area (Å²) in [5, 5.41) is 8.70. The van der Waals surface area contributed by atoms with E-state index in [2.05, 4.69) is 4.72 Å². The number of sulfonamides is 2. The van der Waals surface area contributed by atoms with Crippen LogP contribution >= 0.6 is 0 Å². The maximum Gasteiger partial charge on any atom is 0.304 e. The highest BCUT2D eigenvalue weighted by Crippen LogP contribution is 2.32. The standard InChI is InChI=1S/C19H24N2O6S2/c1-13-5-8-16(9-6-13)29(26,27)21(4)19-14(2)7-10-17(15(19)3)28(24,25)20-12-11-18(22)23/h5-10,20H,11-12H2,1-4H3,(H,22,23). The average molecular weight is 441 g/mol. The third-order valence-electron chi connectivity index (χ3n) is 4.50. The number of rotatable bonds is 8. The maximum absolute atomic E-state index is 13.1. The van der Waals surface area contributed by atoms with Crippen molar-refractivity contribution in [1.29, 1.82) is 0 Å². The van der Waals surface area contributed by atoms with Gasteiger partial charge in [0.2, 0.25) is 10.0 Å². The SMILES string of the molecule is Cc1ccc(S(=O)(=O)N(C)c2c(C)ccc(S(=O)(=O)NCCC(=O)O)c2C)cc1. The Morgan fingerprint density at radius 3 is 2.14 bits per heavy atom. The van der Waals surface area contributed by atoms with Gasteiger partial charge in [-0.2, -0.15) is 0 Å². The number of benzene rings is 2. The summed E-state index contributed by atoms with van der Waals surface area (Å²) in [6, 6.07) is 9.28. The molecule has 0 aromatic heterocycles. The largest absolute Gasteiger partial charge is 0.481 e. The lowest BCUT2D eigenvalue weighted by molar-refractivity contribution is -0.136. The molecule has 0 atom stereocenters. The summed E-state index contributed by atoms with van der Waals surface area (Å²) in [4.78, 5) is 10.6. The molecule has 0 amide bonds. The van der Waals surface area contributed by atoms with Crippen LogP contribution in [0.25, 0.3) is 0 Å². The van der Waals surface area contributed by atoms with Crippen LogP contribution in [0.3, 0.4) is 0 Å². The second-order valence-corrected chi connectivity index (χ2v) is 10.4. The Morgan fingerprint density at radius 2 is 1.59 bits per heavy atom. The molecule has 8 nitrogen and oxygen atoms in total. The molecule has 158 valence electrons. The van der Waals surface area contributed by atoms with E-state index in [0.717, 1.165) is 9.87 Å². The first-order valence-corrected chi connectivity index (χ1v) is 11.7. The first kappa shape index (κ1) is 22.9. The highest BCUT2D eigenvalue weighted by molar-refractivity contribution is 7.92. The molecule has 2 N–H and O–H groups in total. The van der Waals surface area contributed by atoms with Crippen molar-refractivity contribution in [3.05, 3.63) is 53.1 Å². The van der Waals surface area contributed by atoms with E-state index in [1.54, 1.807) is 19.1 Å². The van der Waals surface area contributed by atoms with Gasteiger partial charge in [0, 0.05) is 13.6 Å². The van der Waals surface area contributed by atoms with Crippen LogP contribution in [0, 0.1) is 20.8 Å². The number of hydrogen-bond acceptors (Lipinski definition) is 5. The molecule has 2 rings (SSSR count). The number of nitrogens with one attached hydrogen (secondary N) is 1. The van der Waals surface area contributed by atoms with E-state index >= 15 is 0 Å². The molecular weight excluding hydrogens is 416 g/mol. The Hall–Kier alpha value is -2.43. The number of anilines is 1. The van der Waals surface area contributed by atoms with Crippen LogP contribution in [-0.4, -0.2) is 41.5 Å². The van der Waals surface area contributed by atoms with Crippen LogP contribution in [0.4, 0.5) is 5.69 Å². The van der Waals surface area contributed by atoms with Crippen molar-refractivity contribution in [3.63, 3.8) is 0 Å². The van der Waals surface area contributed by atoms with Gasteiger partial charge in [-0.05, 0) is 50.1 Å². The van der Waals surface area contributed by atoms with Gasteiger partial charge in [-0.25, -0.2) is 21.6 Å². The fourth-order valence-electron chi connectivity index (χ4n) is 2.95. The normalized spacial score (nSPS) is 12.0. The first-order chi connectivity index (χ1) is 13.4. The summed E-state index contributed by atoms with van der Waals surface area (Å²) >= 11 is 0. The summed E-state index contributed by atoms with van der Waals surface area (Å²) in [6.45, 7) is 4.80. The predicted octanol–water partition coefficient (Wildman–Crippen LogP) is 2.19. The topological polar surface area (TPSA) is 121 Å². The first-order valence-electron chi connectivity index (χ1n) is 8.75. The minimum Gasteiger partial charge on any atom is -0.481 e. The van der Waals surface area contributed by atoms with Gasteiger partial charge in [0.25, 0.3) is 10.0 Å². The van der Waals surface area contributed by atoms with Crippen molar-refractivity contribution in [3.8, 4) is 0 Å². The minimum atomic E-state index is -4.01. The van der Waals surface area contributed by atoms with E-state index < -0.39 is 26.0 Å². The number of carboxylic acids is 1. The monoisotopic (exact) mass is 440 g/mol. The fraction of sp³-hybridized carbons (Fsp3) is 0.316. The highest BCUT2D eigenvalue weighted by atomic mass is 32.2. The van der Waals surface area contributed by atoms with Crippen LogP contribution in [0.5, 0.6) is 0 Å². The molecule has 0 aliphatic rings. The Kier molecular flexibility index (Phi) is 6.71. The summed E-state index contributed by atoms with van der Waals surface area (Å²) in [7, 11) is -6.54. The van der Waals surface area contributed by atoms with Crippen LogP contribution in [0.2, 0.25) is 0 Å². The molecular formula is C19H24N2O6S2. The zero-order valence-corrected chi connectivity index (χ0v) is 18.3. The molecule has 0 radical (unpaired) electrons. The molecule has 0 bridgehead atoms. The average Bonchev–Trinajstić information content (AvgIpc) is 2.61. The Labute approximate surface area is 171 Å². The van der Waals surface area contributed by atoms with Crippen LogP contribution in [0.1, 0.15) is 23.1 Å². The lowest BCUT2D eigenvalue weighted by Crippen LogP contribution is -2.30. The number of aliphatic carboxylic acids is 1. The van der Waals surface area contributed by atoms with Crippen molar-refractivity contribution in [2.45, 2.75) is 37.0 Å². The van der Waals surface area contributed by atoms with Crippen molar-refractivity contribution in [1.82, 2.24) is 4.72 Å². The molecule has 0 aliphatic carbocycles. The van der Waals surface area contributed by atoms with Crippen molar-refractivity contribution < 1.29 is 26.7 Å². The molecule has 0 aliphatic heterocycles. The molecule has 0 saturated heterocycles. The van der Waals surface area contributed by atoms with Gasteiger partial charge in [-0.1, -0.05) is 23.8 Å². The van der Waals surface area contributed by atoms with Gasteiger partial charge in [0.15, 0.2) is 0 Å². The lowest BCUT2D eigenvalue weighted by Gasteiger charge is -2.25. The number of hydrogen-bond donors (Lipinski definition) is 2. The lowest BCUT2D eigenvalue weighted by atomic mass is 10.1. The highest BCUT2D eigenvalue weighted by Gasteiger charge is 2.27. The van der Waals surface area contributed by atoms with E-state index in [1.807, 2.05) is 6.92 Å². The Morgan fingerprint density at radius 1 is 1.00 bits per heavy atom. The minimum absolute atomic E-state index is 0.0947. The molecule has 0 unspecified atom stereocenters. The van der Waals surface area contributed by atoms with Crippen LogP contribution < -0.4 is 9.03 Å². The van der Waals surface area contributed by atoms with E-state index in [4.69, 9.17) is 5.11 Å². The van der Waals surface area contributed by atoms with E-state index in [1.165, 1.54) is 38.2 Å². The van der Waals surface area contributed by atoms with Gasteiger partial charge >= 0.3 is 5.97 Å². The predicted molar refractivity (Wildman–Crippen MR) is 110 cm³/mol. The third-order valence-corrected chi connectivity index (χ3v) is 7.87. The fourth-order valence-corrected chi connectivity index (χ4v) is 5.54. The van der Waals surface area contributed by atoms with E-state index in [9.17, 15) is 21.6 Å². The van der Waals surface area contributed by atoms with E-state index in [-0.39, 0.29) is 34.0 Å². The summed E-state index contributed by atoms with van der Waals surface area (Å²) in [6.07, 6.45) is -0.362. The van der Waals surface area contributed by atoms with Gasteiger partial charge < -0.3 is 5.11 Å². The van der Waals surface area contributed by atoms with Gasteiger partial charge in [-0.15, -0.1) is 0 Å². The second kappa shape index (κ2) is 8.52. The molecule has 0 heterocycles. The molecule has 2 aromatic rings. The van der Waals surface area contributed by atoms with Crippen molar-refractivity contribution in [2.24, 2.45) is 0 Å². The smallest absolute Gasteiger partial charge is 0.304 e. The van der Waals surface area contributed by atoms with Gasteiger partial charge in [0.05, 0.1) is 21.9 Å². The number of carboxylic acid groups (broad SMARTS) is 1. The van der Waals surface area contributed by atoms with Gasteiger partial charge in [0.1, 0.15) is 0 Å². The molecule has 10 heteroatoms. The Balaban J connectivity index is 2.49. The zero-order chi connectivity index (χ0) is 22.0. The van der Waals surface area contributed by atoms with Crippen LogP contribution in [-0.2, 0) is 24.8 Å². The van der Waals surface area contributed by atoms with Crippen molar-refractivity contribution >= 4 is 31.7 Å². The number of aryl methyl sites for hydroxylation is 2. The second-order valence-electron chi connectivity index (χ2n) is 6.68. The summed E-state index contributed by atoms with van der Waals surface area (Å²) < 4.78 is 54.6. The molecule has 0 fully saturated rings. The number of carbonyl (C=O) groups is 1. The number of nitrogens with zero attached hydrogens (tertiary/aromatic N) is 1. The molecule has 0 saturated carbocycles. The van der Waals surface area contributed by atoms with Crippen molar-refractivity contribution in [2.75, 3.05) is 17.9 Å². The quantitative estimate of drug-likeness (QED) is 0.649. The van der Waals surface area contributed by atoms with Gasteiger partial charge in [-0.3, -0.25) is 9.10 Å². The Bertz CT molecular complexity index is 1120. The molecule has 29 heavy (non-hydrogen) atoms. The summed E-state index contributed by atoms with van der Waals surface area (Å²) in [5.74, 6) is -1.13. The van der Waals surface area contributed by atoms with Crippen LogP contribution in [0.15, 0.2) is 46.2 Å². The van der Waals surface area contributed by atoms with E-state index in [0.29, 0.717) is 5.56 Å².